The van der Waals surface area contributed by atoms with Gasteiger partial charge in [0.05, 0.1) is 12.6 Å². The molecule has 1 aromatic carbocycles. The maximum atomic E-state index is 6.37. The number of benzene rings is 1. The van der Waals surface area contributed by atoms with E-state index in [1.807, 2.05) is 18.3 Å². The summed E-state index contributed by atoms with van der Waals surface area (Å²) in [5, 5.41) is 3.45. The molecule has 3 rings (SSSR count). The van der Waals surface area contributed by atoms with Crippen molar-refractivity contribution < 1.29 is 9.47 Å². The molecule has 1 aromatic heterocycles. The molecule has 1 saturated heterocycles. The van der Waals surface area contributed by atoms with E-state index in [4.69, 9.17) is 15.2 Å². The Bertz CT molecular complexity index is 783. The van der Waals surface area contributed by atoms with Crippen molar-refractivity contribution >= 4 is 5.82 Å². The molecule has 0 bridgehead atoms. The van der Waals surface area contributed by atoms with Gasteiger partial charge in [0.25, 0.3) is 0 Å². The zero-order valence-electron chi connectivity index (χ0n) is 17.5. The van der Waals surface area contributed by atoms with Crippen LogP contribution in [0.1, 0.15) is 39.2 Å². The highest BCUT2D eigenvalue weighted by atomic mass is 16.5. The third kappa shape index (κ3) is 5.69. The van der Waals surface area contributed by atoms with Crippen LogP contribution in [0.4, 0.5) is 5.82 Å². The molecule has 0 saturated carbocycles. The summed E-state index contributed by atoms with van der Waals surface area (Å²) in [5.41, 5.74) is 9.44. The van der Waals surface area contributed by atoms with Gasteiger partial charge in [0.2, 0.25) is 0 Å². The second-order valence-electron chi connectivity index (χ2n) is 8.66. The minimum absolute atomic E-state index is 0.325. The maximum absolute atomic E-state index is 6.37. The molecule has 2 aromatic rings. The van der Waals surface area contributed by atoms with Crippen LogP contribution in [0.15, 0.2) is 36.5 Å². The van der Waals surface area contributed by atoms with Crippen LogP contribution < -0.4 is 15.8 Å². The molecule has 3 N–H and O–H groups in total. The zero-order chi connectivity index (χ0) is 20.1. The smallest absolute Gasteiger partial charge is 0.126 e. The molecule has 152 valence electrons. The van der Waals surface area contributed by atoms with Gasteiger partial charge in [0, 0.05) is 18.3 Å². The summed E-state index contributed by atoms with van der Waals surface area (Å²) >= 11 is 0. The molecule has 1 aliphatic rings. The van der Waals surface area contributed by atoms with Gasteiger partial charge in [-0.1, -0.05) is 19.9 Å². The average molecular weight is 384 g/mol. The van der Waals surface area contributed by atoms with Crippen LogP contribution in [0.25, 0.3) is 11.1 Å². The highest BCUT2D eigenvalue weighted by molar-refractivity contribution is 5.68. The van der Waals surface area contributed by atoms with Gasteiger partial charge in [0.1, 0.15) is 18.2 Å². The molecule has 2 atom stereocenters. The third-order valence-electron chi connectivity index (χ3n) is 4.98. The SMILES string of the molecule is Cc1cc(-c2ccnc(NC3CCOC3)c2)ccc1OCC(C)(N)CC(C)C. The Morgan fingerprint density at radius 1 is 1.29 bits per heavy atom. The summed E-state index contributed by atoms with van der Waals surface area (Å²) in [4.78, 5) is 4.44. The van der Waals surface area contributed by atoms with Crippen molar-refractivity contribution in [3.63, 3.8) is 0 Å². The van der Waals surface area contributed by atoms with Gasteiger partial charge in [-0.05, 0) is 73.6 Å². The molecule has 5 nitrogen and oxygen atoms in total. The van der Waals surface area contributed by atoms with Crippen molar-refractivity contribution in [1.82, 2.24) is 4.98 Å². The number of pyridine rings is 1. The number of anilines is 1. The Labute approximate surface area is 168 Å². The Kier molecular flexibility index (Phi) is 6.57. The highest BCUT2D eigenvalue weighted by Gasteiger charge is 2.21. The lowest BCUT2D eigenvalue weighted by Crippen LogP contribution is -2.43. The van der Waals surface area contributed by atoms with Gasteiger partial charge < -0.3 is 20.5 Å². The number of hydrogen-bond acceptors (Lipinski definition) is 5. The fourth-order valence-electron chi connectivity index (χ4n) is 3.77. The van der Waals surface area contributed by atoms with E-state index in [1.54, 1.807) is 0 Å². The van der Waals surface area contributed by atoms with Gasteiger partial charge in [0.15, 0.2) is 0 Å². The lowest BCUT2D eigenvalue weighted by Gasteiger charge is -2.27. The van der Waals surface area contributed by atoms with Crippen molar-refractivity contribution in [2.45, 2.75) is 52.1 Å². The Balaban J connectivity index is 1.68. The average Bonchev–Trinajstić information content (AvgIpc) is 3.13. The summed E-state index contributed by atoms with van der Waals surface area (Å²) in [7, 11) is 0. The van der Waals surface area contributed by atoms with Crippen LogP contribution >= 0.6 is 0 Å². The number of nitrogens with zero attached hydrogens (tertiary/aromatic N) is 1. The number of nitrogens with two attached hydrogens (primary N) is 1. The molecule has 28 heavy (non-hydrogen) atoms. The van der Waals surface area contributed by atoms with Crippen molar-refractivity contribution in [2.24, 2.45) is 11.7 Å². The first-order valence-electron chi connectivity index (χ1n) is 10.2. The van der Waals surface area contributed by atoms with Gasteiger partial charge in [-0.15, -0.1) is 0 Å². The van der Waals surface area contributed by atoms with E-state index in [2.05, 4.69) is 56.2 Å². The minimum atomic E-state index is -0.325. The predicted molar refractivity (Wildman–Crippen MR) is 115 cm³/mol. The van der Waals surface area contributed by atoms with Gasteiger partial charge >= 0.3 is 0 Å². The van der Waals surface area contributed by atoms with Crippen molar-refractivity contribution in [3.8, 4) is 16.9 Å². The van der Waals surface area contributed by atoms with Gasteiger partial charge in [-0.25, -0.2) is 4.98 Å². The zero-order valence-corrected chi connectivity index (χ0v) is 17.5. The fourth-order valence-corrected chi connectivity index (χ4v) is 3.77. The third-order valence-corrected chi connectivity index (χ3v) is 4.98. The van der Waals surface area contributed by atoms with Crippen LogP contribution in [-0.4, -0.2) is 36.4 Å². The van der Waals surface area contributed by atoms with E-state index in [-0.39, 0.29) is 5.54 Å². The number of ether oxygens (including phenoxy) is 2. The fraction of sp³-hybridized carbons (Fsp3) is 0.522. The van der Waals surface area contributed by atoms with Gasteiger partial charge in [-0.3, -0.25) is 0 Å². The van der Waals surface area contributed by atoms with Crippen molar-refractivity contribution in [2.75, 3.05) is 25.1 Å². The molecule has 0 aliphatic carbocycles. The van der Waals surface area contributed by atoms with E-state index < -0.39 is 0 Å². The molecule has 1 fully saturated rings. The Morgan fingerprint density at radius 2 is 2.07 bits per heavy atom. The van der Waals surface area contributed by atoms with Crippen LogP contribution in [0.5, 0.6) is 5.75 Å². The number of aryl methyl sites for hydroxylation is 1. The summed E-state index contributed by atoms with van der Waals surface area (Å²) in [6.07, 6.45) is 3.80. The molecule has 1 aliphatic heterocycles. The predicted octanol–water partition coefficient (Wildman–Crippen LogP) is 4.40. The topological polar surface area (TPSA) is 69.4 Å². The standard InChI is InChI=1S/C23H33N3O2/c1-16(2)13-23(4,24)15-28-21-6-5-18(11-17(21)3)19-7-9-25-22(12-19)26-20-8-10-27-14-20/h5-7,9,11-12,16,20H,8,10,13-15,24H2,1-4H3,(H,25,26). The van der Waals surface area contributed by atoms with Gasteiger partial charge in [-0.2, -0.15) is 0 Å². The summed E-state index contributed by atoms with van der Waals surface area (Å²) < 4.78 is 11.5. The quantitative estimate of drug-likeness (QED) is 0.707. The number of rotatable bonds is 8. The molecule has 5 heteroatoms. The van der Waals surface area contributed by atoms with Crippen molar-refractivity contribution in [1.29, 1.82) is 0 Å². The van der Waals surface area contributed by atoms with Crippen LogP contribution in [0.2, 0.25) is 0 Å². The number of nitrogens with one attached hydrogen (secondary N) is 1. The number of hydrogen-bond donors (Lipinski definition) is 2. The molecule has 0 spiro atoms. The second kappa shape index (κ2) is 8.93. The molecule has 0 radical (unpaired) electrons. The highest BCUT2D eigenvalue weighted by Crippen LogP contribution is 2.28. The summed E-state index contributed by atoms with van der Waals surface area (Å²) in [6.45, 7) is 10.6. The first-order chi connectivity index (χ1) is 13.3. The first-order valence-corrected chi connectivity index (χ1v) is 10.2. The van der Waals surface area contributed by atoms with E-state index in [0.29, 0.717) is 18.6 Å². The lowest BCUT2D eigenvalue weighted by molar-refractivity contribution is 0.195. The Hall–Kier alpha value is -2.11. The maximum Gasteiger partial charge on any atom is 0.126 e. The van der Waals surface area contributed by atoms with Crippen LogP contribution in [-0.2, 0) is 4.74 Å². The van der Waals surface area contributed by atoms with E-state index in [1.165, 1.54) is 0 Å². The first kappa shape index (κ1) is 20.6. The minimum Gasteiger partial charge on any atom is -0.491 e. The molecule has 2 unspecified atom stereocenters. The van der Waals surface area contributed by atoms with E-state index >= 15 is 0 Å². The molecule has 0 amide bonds. The normalized spacial score (nSPS) is 18.9. The van der Waals surface area contributed by atoms with Crippen LogP contribution in [0.3, 0.4) is 0 Å². The summed E-state index contributed by atoms with van der Waals surface area (Å²) in [6, 6.07) is 10.8. The van der Waals surface area contributed by atoms with E-state index in [9.17, 15) is 0 Å². The van der Waals surface area contributed by atoms with Crippen molar-refractivity contribution in [3.05, 3.63) is 42.1 Å². The van der Waals surface area contributed by atoms with E-state index in [0.717, 1.165) is 54.3 Å². The summed E-state index contributed by atoms with van der Waals surface area (Å²) in [5.74, 6) is 2.32. The lowest BCUT2D eigenvalue weighted by atomic mass is 9.93. The monoisotopic (exact) mass is 383 g/mol. The van der Waals surface area contributed by atoms with Crippen LogP contribution in [0, 0.1) is 12.8 Å². The number of aromatic nitrogens is 1. The molecular weight excluding hydrogens is 350 g/mol. The molecular formula is C23H33N3O2. The molecule has 2 heterocycles. The largest absolute Gasteiger partial charge is 0.491 e. The Morgan fingerprint density at radius 3 is 2.75 bits per heavy atom. The second-order valence-corrected chi connectivity index (χ2v) is 8.66.